The van der Waals surface area contributed by atoms with Gasteiger partial charge in [-0.15, -0.1) is 0 Å². The molecule has 2 aromatic rings. The lowest BCUT2D eigenvalue weighted by Crippen LogP contribution is -2.24. The van der Waals surface area contributed by atoms with E-state index in [2.05, 4.69) is 70.1 Å². The second-order valence-corrected chi connectivity index (χ2v) is 5.50. The number of rotatable bonds is 5. The van der Waals surface area contributed by atoms with Crippen molar-refractivity contribution in [3.05, 3.63) is 34.9 Å². The zero-order chi connectivity index (χ0) is 12.3. The number of hydrogen-bond acceptors (Lipinski definition) is 1. The molecular weight excluding hydrogens is 276 g/mol. The Labute approximate surface area is 111 Å². The van der Waals surface area contributed by atoms with Gasteiger partial charge in [-0.1, -0.05) is 35.8 Å². The topological polar surface area (TPSA) is 17.0 Å². The van der Waals surface area contributed by atoms with Gasteiger partial charge in [0, 0.05) is 34.2 Å². The summed E-state index contributed by atoms with van der Waals surface area (Å²) in [4.78, 5) is 0. The van der Waals surface area contributed by atoms with Gasteiger partial charge in [0.25, 0.3) is 0 Å². The predicted molar refractivity (Wildman–Crippen MR) is 77.4 cm³/mol. The summed E-state index contributed by atoms with van der Waals surface area (Å²) in [5.41, 5.74) is 1.31. The van der Waals surface area contributed by atoms with Crippen LogP contribution in [0.4, 0.5) is 0 Å². The largest absolute Gasteiger partial charge is 0.347 e. The maximum absolute atomic E-state index is 3.59. The van der Waals surface area contributed by atoms with E-state index in [1.807, 2.05) is 0 Å². The van der Waals surface area contributed by atoms with E-state index in [9.17, 15) is 0 Å². The van der Waals surface area contributed by atoms with Crippen LogP contribution in [0.1, 0.15) is 20.3 Å². The molecule has 0 aliphatic rings. The number of nitrogens with zero attached hydrogens (tertiary/aromatic N) is 1. The summed E-state index contributed by atoms with van der Waals surface area (Å²) >= 11 is 3.59. The van der Waals surface area contributed by atoms with Crippen molar-refractivity contribution in [3.63, 3.8) is 0 Å². The normalized spacial score (nSPS) is 11.5. The van der Waals surface area contributed by atoms with E-state index in [1.165, 1.54) is 15.4 Å². The molecule has 0 spiro atoms. The number of fused-ring (bicyclic) bond motifs is 1. The third-order valence-corrected chi connectivity index (χ3v) is 3.58. The zero-order valence-electron chi connectivity index (χ0n) is 10.4. The molecule has 3 heteroatoms. The SMILES string of the molecule is CC(C)NCCCn1ccc2c(Br)cccc21. The fourth-order valence-electron chi connectivity index (χ4n) is 2.02. The predicted octanol–water partition coefficient (Wildman–Crippen LogP) is 3.79. The van der Waals surface area contributed by atoms with Crippen LogP contribution in [0.25, 0.3) is 10.9 Å². The first kappa shape index (κ1) is 12.7. The Kier molecular flexibility index (Phi) is 4.24. The highest BCUT2D eigenvalue weighted by molar-refractivity contribution is 9.10. The van der Waals surface area contributed by atoms with Gasteiger partial charge in [0.1, 0.15) is 0 Å². The first-order valence-corrected chi connectivity index (χ1v) is 6.94. The molecule has 0 unspecified atom stereocenters. The maximum Gasteiger partial charge on any atom is 0.0491 e. The second-order valence-electron chi connectivity index (χ2n) is 4.64. The molecule has 0 aliphatic carbocycles. The highest BCUT2D eigenvalue weighted by Crippen LogP contribution is 2.24. The fourth-order valence-corrected chi connectivity index (χ4v) is 2.51. The second kappa shape index (κ2) is 5.69. The lowest BCUT2D eigenvalue weighted by Gasteiger charge is -2.09. The van der Waals surface area contributed by atoms with Crippen LogP contribution >= 0.6 is 15.9 Å². The standard InChI is InChI=1S/C14H19BrN2/c1-11(2)16-8-4-9-17-10-7-12-13(15)5-3-6-14(12)17/h3,5-7,10-11,16H,4,8-9H2,1-2H3. The van der Waals surface area contributed by atoms with Crippen LogP contribution in [0.5, 0.6) is 0 Å². The first-order valence-electron chi connectivity index (χ1n) is 6.15. The quantitative estimate of drug-likeness (QED) is 0.830. The van der Waals surface area contributed by atoms with Gasteiger partial charge in [-0.05, 0) is 31.2 Å². The number of aromatic nitrogens is 1. The van der Waals surface area contributed by atoms with Gasteiger partial charge in [0.05, 0.1) is 0 Å². The van der Waals surface area contributed by atoms with Gasteiger partial charge in [-0.25, -0.2) is 0 Å². The van der Waals surface area contributed by atoms with Gasteiger partial charge >= 0.3 is 0 Å². The van der Waals surface area contributed by atoms with Crippen molar-refractivity contribution in [3.8, 4) is 0 Å². The lowest BCUT2D eigenvalue weighted by atomic mass is 10.2. The average Bonchev–Trinajstić information content (AvgIpc) is 2.69. The van der Waals surface area contributed by atoms with E-state index in [0.29, 0.717) is 6.04 Å². The molecule has 0 atom stereocenters. The summed E-state index contributed by atoms with van der Waals surface area (Å²) in [6.45, 7) is 6.51. The minimum Gasteiger partial charge on any atom is -0.347 e. The van der Waals surface area contributed by atoms with E-state index in [0.717, 1.165) is 19.5 Å². The maximum atomic E-state index is 3.59. The summed E-state index contributed by atoms with van der Waals surface area (Å²) in [7, 11) is 0. The van der Waals surface area contributed by atoms with Gasteiger partial charge in [-0.2, -0.15) is 0 Å². The van der Waals surface area contributed by atoms with Gasteiger partial charge in [0.2, 0.25) is 0 Å². The van der Waals surface area contributed by atoms with Crippen LogP contribution in [0, 0.1) is 0 Å². The number of nitrogens with one attached hydrogen (secondary N) is 1. The molecule has 0 fully saturated rings. The average molecular weight is 295 g/mol. The molecule has 17 heavy (non-hydrogen) atoms. The van der Waals surface area contributed by atoms with Crippen LogP contribution < -0.4 is 5.32 Å². The molecule has 0 saturated heterocycles. The van der Waals surface area contributed by atoms with Crippen molar-refractivity contribution in [2.45, 2.75) is 32.9 Å². The zero-order valence-corrected chi connectivity index (χ0v) is 12.0. The van der Waals surface area contributed by atoms with Gasteiger partial charge < -0.3 is 9.88 Å². The Morgan fingerprint density at radius 3 is 2.88 bits per heavy atom. The third-order valence-electron chi connectivity index (χ3n) is 2.89. The highest BCUT2D eigenvalue weighted by Gasteiger charge is 2.03. The molecule has 0 bridgehead atoms. The number of aryl methyl sites for hydroxylation is 1. The Bertz CT molecular complexity index is 488. The minimum atomic E-state index is 0.575. The Hall–Kier alpha value is -0.800. The summed E-state index contributed by atoms with van der Waals surface area (Å²) in [6, 6.07) is 9.11. The van der Waals surface area contributed by atoms with Crippen molar-refractivity contribution < 1.29 is 0 Å². The highest BCUT2D eigenvalue weighted by atomic mass is 79.9. The van der Waals surface area contributed by atoms with Crippen LogP contribution in [-0.4, -0.2) is 17.2 Å². The molecule has 1 aromatic carbocycles. The van der Waals surface area contributed by atoms with E-state index < -0.39 is 0 Å². The number of halogens is 1. The molecular formula is C14H19BrN2. The summed E-state index contributed by atoms with van der Waals surface area (Å²) in [6.07, 6.45) is 3.33. The molecule has 1 aromatic heterocycles. The monoisotopic (exact) mass is 294 g/mol. The molecule has 1 N–H and O–H groups in total. The first-order chi connectivity index (χ1) is 8.18. The van der Waals surface area contributed by atoms with Crippen molar-refractivity contribution in [1.82, 2.24) is 9.88 Å². The van der Waals surface area contributed by atoms with Gasteiger partial charge in [0.15, 0.2) is 0 Å². The molecule has 2 nitrogen and oxygen atoms in total. The van der Waals surface area contributed by atoms with E-state index in [-0.39, 0.29) is 0 Å². The summed E-state index contributed by atoms with van der Waals surface area (Å²) in [5, 5.41) is 4.74. The van der Waals surface area contributed by atoms with Crippen LogP contribution in [-0.2, 0) is 6.54 Å². The molecule has 2 rings (SSSR count). The summed E-state index contributed by atoms with van der Waals surface area (Å²) in [5.74, 6) is 0. The molecule has 1 heterocycles. The number of hydrogen-bond donors (Lipinski definition) is 1. The Morgan fingerprint density at radius 2 is 2.12 bits per heavy atom. The van der Waals surface area contributed by atoms with E-state index in [1.54, 1.807) is 0 Å². The minimum absolute atomic E-state index is 0.575. The van der Waals surface area contributed by atoms with Crippen LogP contribution in [0.3, 0.4) is 0 Å². The number of benzene rings is 1. The molecule has 0 aliphatic heterocycles. The van der Waals surface area contributed by atoms with Crippen molar-refractivity contribution >= 4 is 26.8 Å². The smallest absolute Gasteiger partial charge is 0.0491 e. The van der Waals surface area contributed by atoms with Crippen molar-refractivity contribution in [2.24, 2.45) is 0 Å². The van der Waals surface area contributed by atoms with Crippen LogP contribution in [0.2, 0.25) is 0 Å². The van der Waals surface area contributed by atoms with Crippen LogP contribution in [0.15, 0.2) is 34.9 Å². The van der Waals surface area contributed by atoms with Crippen molar-refractivity contribution in [2.75, 3.05) is 6.54 Å². The molecule has 92 valence electrons. The Morgan fingerprint density at radius 1 is 1.29 bits per heavy atom. The third kappa shape index (κ3) is 3.11. The van der Waals surface area contributed by atoms with E-state index >= 15 is 0 Å². The lowest BCUT2D eigenvalue weighted by molar-refractivity contribution is 0.541. The molecule has 0 amide bonds. The van der Waals surface area contributed by atoms with Gasteiger partial charge in [-0.3, -0.25) is 0 Å². The fraction of sp³-hybridized carbons (Fsp3) is 0.429. The van der Waals surface area contributed by atoms with E-state index in [4.69, 9.17) is 0 Å². The molecule has 0 radical (unpaired) electrons. The Balaban J connectivity index is 2.02. The molecule has 0 saturated carbocycles. The van der Waals surface area contributed by atoms with Crippen molar-refractivity contribution in [1.29, 1.82) is 0 Å². The summed E-state index contributed by atoms with van der Waals surface area (Å²) < 4.78 is 3.50.